The summed E-state index contributed by atoms with van der Waals surface area (Å²) in [5.74, 6) is 2.52. The first-order chi connectivity index (χ1) is 12.7. The molecule has 27 heavy (non-hydrogen) atoms. The normalized spacial score (nSPS) is 25.2. The Balaban J connectivity index is 0.00000210. The highest BCUT2D eigenvalue weighted by Gasteiger charge is 2.39. The van der Waals surface area contributed by atoms with Gasteiger partial charge in [0.25, 0.3) is 0 Å². The summed E-state index contributed by atoms with van der Waals surface area (Å²) in [7, 11) is 1.61. The number of halogens is 1. The van der Waals surface area contributed by atoms with E-state index in [0.717, 1.165) is 43.2 Å². The molecule has 2 heterocycles. The molecule has 3 aliphatic rings. The van der Waals surface area contributed by atoms with Crippen LogP contribution in [-0.2, 0) is 4.79 Å². The lowest BCUT2D eigenvalue weighted by Crippen LogP contribution is -2.52. The number of Topliss-reactive ketones (excluding diaryl/α,β-unsaturated/α-hetero) is 1. The van der Waals surface area contributed by atoms with E-state index in [1.165, 1.54) is 12.8 Å². The van der Waals surface area contributed by atoms with Crippen LogP contribution in [0.3, 0.4) is 0 Å². The molecule has 0 saturated carbocycles. The summed E-state index contributed by atoms with van der Waals surface area (Å²) in [5.41, 5.74) is 1.53. The smallest absolute Gasteiger partial charge is 0.230 e. The van der Waals surface area contributed by atoms with Crippen LogP contribution in [0.5, 0.6) is 5.75 Å². The first kappa shape index (κ1) is 20.5. The number of nitrogens with zero attached hydrogens (tertiary/aromatic N) is 2. The minimum absolute atomic E-state index is 0. The van der Waals surface area contributed by atoms with Crippen LogP contribution >= 0.6 is 24.2 Å². The van der Waals surface area contributed by atoms with Crippen molar-refractivity contribution in [2.24, 2.45) is 0 Å². The quantitative estimate of drug-likeness (QED) is 0.763. The van der Waals surface area contributed by atoms with Gasteiger partial charge in [0.15, 0.2) is 5.78 Å². The monoisotopic (exact) mass is 410 g/mol. The van der Waals surface area contributed by atoms with Crippen molar-refractivity contribution in [3.63, 3.8) is 0 Å². The molecule has 0 radical (unpaired) electrons. The molecule has 0 spiro atoms. The molecule has 0 N–H and O–H groups in total. The van der Waals surface area contributed by atoms with Crippen LogP contribution in [0.1, 0.15) is 41.1 Å². The molecule has 148 valence electrons. The van der Waals surface area contributed by atoms with E-state index in [1.807, 2.05) is 17.8 Å². The summed E-state index contributed by atoms with van der Waals surface area (Å²) in [6.45, 7) is 4.03. The summed E-state index contributed by atoms with van der Waals surface area (Å²) in [6, 6.07) is 5.73. The summed E-state index contributed by atoms with van der Waals surface area (Å²) >= 11 is 1.93. The summed E-state index contributed by atoms with van der Waals surface area (Å²) in [4.78, 5) is 30.3. The van der Waals surface area contributed by atoms with Crippen LogP contribution < -0.4 is 4.74 Å². The molecule has 2 fully saturated rings. The highest BCUT2D eigenvalue weighted by atomic mass is 35.5. The van der Waals surface area contributed by atoms with Crippen molar-refractivity contribution in [1.82, 2.24) is 9.80 Å². The Bertz CT molecular complexity index is 708. The summed E-state index contributed by atoms with van der Waals surface area (Å²) < 4.78 is 5.31. The third kappa shape index (κ3) is 4.13. The maximum Gasteiger partial charge on any atom is 0.230 e. The van der Waals surface area contributed by atoms with Crippen molar-refractivity contribution in [3.05, 3.63) is 29.3 Å². The van der Waals surface area contributed by atoms with Gasteiger partial charge in [-0.1, -0.05) is 0 Å². The lowest BCUT2D eigenvalue weighted by molar-refractivity contribution is -0.134. The van der Waals surface area contributed by atoms with Gasteiger partial charge in [-0.05, 0) is 49.7 Å². The molecule has 7 heteroatoms. The first-order valence-corrected chi connectivity index (χ1v) is 10.6. The van der Waals surface area contributed by atoms with Crippen molar-refractivity contribution in [2.45, 2.75) is 31.2 Å². The Morgan fingerprint density at radius 3 is 2.78 bits per heavy atom. The lowest BCUT2D eigenvalue weighted by atomic mass is 9.98. The van der Waals surface area contributed by atoms with E-state index in [4.69, 9.17) is 4.74 Å². The van der Waals surface area contributed by atoms with Crippen molar-refractivity contribution in [3.8, 4) is 5.75 Å². The van der Waals surface area contributed by atoms with Gasteiger partial charge in [-0.2, -0.15) is 11.8 Å². The van der Waals surface area contributed by atoms with Gasteiger partial charge in [0, 0.05) is 36.6 Å². The first-order valence-electron chi connectivity index (χ1n) is 9.49. The van der Waals surface area contributed by atoms with Crippen LogP contribution in [0, 0.1) is 0 Å². The van der Waals surface area contributed by atoms with Gasteiger partial charge < -0.3 is 14.5 Å². The second kappa shape index (κ2) is 8.84. The molecule has 2 unspecified atom stereocenters. The molecule has 1 aliphatic carbocycles. The number of likely N-dealkylation sites (tertiary alicyclic amines) is 1. The molecule has 2 saturated heterocycles. The summed E-state index contributed by atoms with van der Waals surface area (Å²) in [5, 5.41) is 0. The summed E-state index contributed by atoms with van der Waals surface area (Å²) in [6.07, 6.45) is 2.82. The number of benzene rings is 1. The molecule has 1 aromatic rings. The number of carbonyl (C=O) groups is 2. The third-order valence-corrected chi connectivity index (χ3v) is 6.89. The maximum atomic E-state index is 13.4. The van der Waals surface area contributed by atoms with Gasteiger partial charge in [-0.3, -0.25) is 9.59 Å². The van der Waals surface area contributed by atoms with Crippen LogP contribution in [0.4, 0.5) is 0 Å². The van der Waals surface area contributed by atoms with Gasteiger partial charge in [0.05, 0.1) is 19.1 Å². The largest absolute Gasteiger partial charge is 0.497 e. The molecule has 2 atom stereocenters. The fourth-order valence-electron chi connectivity index (χ4n) is 4.40. The second-order valence-corrected chi connectivity index (χ2v) is 8.55. The second-order valence-electron chi connectivity index (χ2n) is 7.40. The average Bonchev–Trinajstić information content (AvgIpc) is 3.29. The SMILES string of the molecule is COc1ccc2c(c1)C(C(=O)N1CCSCC1CN1CCCC1)CC2=O.Cl. The number of hydrogen-bond acceptors (Lipinski definition) is 5. The molecule has 0 bridgehead atoms. The Morgan fingerprint density at radius 2 is 2.04 bits per heavy atom. The van der Waals surface area contributed by atoms with Crippen molar-refractivity contribution < 1.29 is 14.3 Å². The van der Waals surface area contributed by atoms with E-state index in [-0.39, 0.29) is 36.1 Å². The molecular formula is C20H27ClN2O3S. The predicted octanol–water partition coefficient (Wildman–Crippen LogP) is 2.83. The van der Waals surface area contributed by atoms with E-state index in [9.17, 15) is 9.59 Å². The molecule has 1 aromatic carbocycles. The van der Waals surface area contributed by atoms with Gasteiger partial charge in [-0.15, -0.1) is 12.4 Å². The van der Waals surface area contributed by atoms with E-state index in [0.29, 0.717) is 17.7 Å². The lowest BCUT2D eigenvalue weighted by Gasteiger charge is -2.39. The number of rotatable bonds is 4. The Kier molecular flexibility index (Phi) is 6.71. The molecule has 0 aromatic heterocycles. The third-order valence-electron chi connectivity index (χ3n) is 5.80. The van der Waals surface area contributed by atoms with Gasteiger partial charge in [0.1, 0.15) is 5.75 Å². The number of ketones is 1. The Hall–Kier alpha value is -1.24. The Morgan fingerprint density at radius 1 is 1.26 bits per heavy atom. The number of methoxy groups -OCH3 is 1. The number of fused-ring (bicyclic) bond motifs is 1. The highest BCUT2D eigenvalue weighted by Crippen LogP contribution is 2.37. The van der Waals surface area contributed by atoms with Crippen molar-refractivity contribution in [2.75, 3.05) is 44.8 Å². The minimum Gasteiger partial charge on any atom is -0.497 e. The molecule has 2 aliphatic heterocycles. The van der Waals surface area contributed by atoms with Crippen LogP contribution in [0.25, 0.3) is 0 Å². The van der Waals surface area contributed by atoms with Crippen LogP contribution in [0.2, 0.25) is 0 Å². The number of hydrogen-bond donors (Lipinski definition) is 0. The number of ether oxygens (including phenoxy) is 1. The number of thioether (sulfide) groups is 1. The Labute approximate surface area is 171 Å². The maximum absolute atomic E-state index is 13.4. The zero-order valence-electron chi connectivity index (χ0n) is 15.7. The van der Waals surface area contributed by atoms with E-state index in [2.05, 4.69) is 9.80 Å². The van der Waals surface area contributed by atoms with Gasteiger partial charge in [-0.25, -0.2) is 0 Å². The fourth-order valence-corrected chi connectivity index (χ4v) is 5.45. The van der Waals surface area contributed by atoms with Crippen molar-refractivity contribution in [1.29, 1.82) is 0 Å². The fraction of sp³-hybridized carbons (Fsp3) is 0.600. The zero-order chi connectivity index (χ0) is 18.1. The van der Waals surface area contributed by atoms with E-state index in [1.54, 1.807) is 19.2 Å². The zero-order valence-corrected chi connectivity index (χ0v) is 17.3. The standard InChI is InChI=1S/C20H26N2O3S.ClH/c1-25-15-4-5-16-17(10-15)18(11-19(16)23)20(24)22-8-9-26-13-14(22)12-21-6-2-3-7-21;/h4-5,10,14,18H,2-3,6-9,11-13H2,1H3;1H. The molecule has 4 rings (SSSR count). The van der Waals surface area contributed by atoms with Gasteiger partial charge in [0.2, 0.25) is 5.91 Å². The highest BCUT2D eigenvalue weighted by molar-refractivity contribution is 7.99. The van der Waals surface area contributed by atoms with Crippen LogP contribution in [0.15, 0.2) is 18.2 Å². The topological polar surface area (TPSA) is 49.9 Å². The number of amides is 1. The van der Waals surface area contributed by atoms with E-state index >= 15 is 0 Å². The molecular weight excluding hydrogens is 384 g/mol. The van der Waals surface area contributed by atoms with Crippen LogP contribution in [-0.4, -0.2) is 72.3 Å². The minimum atomic E-state index is -0.350. The molecule has 1 amide bonds. The average molecular weight is 411 g/mol. The van der Waals surface area contributed by atoms with Crippen molar-refractivity contribution >= 4 is 35.9 Å². The van der Waals surface area contributed by atoms with E-state index < -0.39 is 0 Å². The number of carbonyl (C=O) groups excluding carboxylic acids is 2. The van der Waals surface area contributed by atoms with Gasteiger partial charge >= 0.3 is 0 Å². The molecule has 5 nitrogen and oxygen atoms in total. The predicted molar refractivity (Wildman–Crippen MR) is 110 cm³/mol.